The third-order valence-electron chi connectivity index (χ3n) is 2.23. The summed E-state index contributed by atoms with van der Waals surface area (Å²) < 4.78 is 0. The molecule has 2 heterocycles. The van der Waals surface area contributed by atoms with E-state index in [1.165, 1.54) is 0 Å². The largest absolute Gasteiger partial charge is 0.382 e. The molecule has 0 atom stereocenters. The predicted molar refractivity (Wildman–Crippen MR) is 52.4 cm³/mol. The monoisotopic (exact) mass is 178 g/mol. The molecule has 4 heteroatoms. The lowest BCUT2D eigenvalue weighted by Gasteiger charge is -2.46. The summed E-state index contributed by atoms with van der Waals surface area (Å²) in [5.74, 6) is 1.40. The molecular weight excluding hydrogens is 164 g/mol. The Kier molecular flexibility index (Phi) is 1.65. The van der Waals surface area contributed by atoms with Gasteiger partial charge in [-0.05, 0) is 17.5 Å². The molecule has 1 aliphatic rings. The standard InChI is InChI=1S/C9H14N4/c1-9(2)5-13(6-9)8-4-3-7(10)11-12-8/h3-4H,5-6H2,1-2H3,(H2,10,11). The summed E-state index contributed by atoms with van der Waals surface area (Å²) >= 11 is 0. The Balaban J connectivity index is 2.08. The van der Waals surface area contributed by atoms with E-state index in [1.54, 1.807) is 6.07 Å². The second kappa shape index (κ2) is 2.58. The van der Waals surface area contributed by atoms with Crippen LogP contribution in [0.2, 0.25) is 0 Å². The summed E-state index contributed by atoms with van der Waals surface area (Å²) in [4.78, 5) is 2.20. The van der Waals surface area contributed by atoms with E-state index >= 15 is 0 Å². The average molecular weight is 178 g/mol. The van der Waals surface area contributed by atoms with Crippen molar-refractivity contribution in [2.75, 3.05) is 23.7 Å². The number of rotatable bonds is 1. The Morgan fingerprint density at radius 3 is 2.46 bits per heavy atom. The average Bonchev–Trinajstić information content (AvgIpc) is 2.01. The van der Waals surface area contributed by atoms with Gasteiger partial charge in [-0.2, -0.15) is 0 Å². The van der Waals surface area contributed by atoms with Crippen LogP contribution in [0.25, 0.3) is 0 Å². The molecule has 0 radical (unpaired) electrons. The van der Waals surface area contributed by atoms with Gasteiger partial charge in [0.15, 0.2) is 5.82 Å². The zero-order valence-electron chi connectivity index (χ0n) is 7.99. The van der Waals surface area contributed by atoms with Crippen LogP contribution in [-0.2, 0) is 0 Å². The van der Waals surface area contributed by atoms with Gasteiger partial charge in [0.1, 0.15) is 5.82 Å². The van der Waals surface area contributed by atoms with Crippen LogP contribution in [0.5, 0.6) is 0 Å². The molecule has 0 unspecified atom stereocenters. The van der Waals surface area contributed by atoms with E-state index < -0.39 is 0 Å². The van der Waals surface area contributed by atoms with Crippen LogP contribution in [0.3, 0.4) is 0 Å². The van der Waals surface area contributed by atoms with Gasteiger partial charge < -0.3 is 10.6 Å². The van der Waals surface area contributed by atoms with Crippen LogP contribution >= 0.6 is 0 Å². The van der Waals surface area contributed by atoms with E-state index in [1.807, 2.05) is 6.07 Å². The zero-order chi connectivity index (χ0) is 9.47. The molecule has 1 fully saturated rings. The molecule has 70 valence electrons. The molecule has 0 bridgehead atoms. The normalized spacial score (nSPS) is 19.7. The molecule has 13 heavy (non-hydrogen) atoms. The van der Waals surface area contributed by atoms with Crippen molar-refractivity contribution in [2.45, 2.75) is 13.8 Å². The van der Waals surface area contributed by atoms with Crippen molar-refractivity contribution < 1.29 is 0 Å². The number of aromatic nitrogens is 2. The van der Waals surface area contributed by atoms with Crippen molar-refractivity contribution in [3.05, 3.63) is 12.1 Å². The number of hydrogen-bond donors (Lipinski definition) is 1. The Hall–Kier alpha value is -1.32. The van der Waals surface area contributed by atoms with Crippen LogP contribution in [0.15, 0.2) is 12.1 Å². The maximum absolute atomic E-state index is 5.45. The first-order valence-electron chi connectivity index (χ1n) is 4.41. The minimum atomic E-state index is 0.420. The first kappa shape index (κ1) is 8.29. The number of nitrogens with zero attached hydrogens (tertiary/aromatic N) is 3. The third kappa shape index (κ3) is 1.56. The fourth-order valence-corrected chi connectivity index (χ4v) is 1.65. The quantitative estimate of drug-likeness (QED) is 0.694. The third-order valence-corrected chi connectivity index (χ3v) is 2.23. The first-order chi connectivity index (χ1) is 6.07. The summed E-state index contributed by atoms with van der Waals surface area (Å²) in [5, 5.41) is 7.83. The first-order valence-corrected chi connectivity index (χ1v) is 4.41. The summed E-state index contributed by atoms with van der Waals surface area (Å²) in [6.07, 6.45) is 0. The molecule has 0 amide bonds. The molecular formula is C9H14N4. The van der Waals surface area contributed by atoms with Crippen LogP contribution in [0, 0.1) is 5.41 Å². The number of nitrogen functional groups attached to an aromatic ring is 1. The van der Waals surface area contributed by atoms with Gasteiger partial charge in [-0.1, -0.05) is 13.8 Å². The second-order valence-electron chi connectivity index (χ2n) is 4.34. The summed E-state index contributed by atoms with van der Waals surface area (Å²) in [6, 6.07) is 3.70. The lowest BCUT2D eigenvalue weighted by atomic mass is 9.84. The fraction of sp³-hybridized carbons (Fsp3) is 0.556. The molecule has 1 aromatic rings. The minimum Gasteiger partial charge on any atom is -0.382 e. The minimum absolute atomic E-state index is 0.420. The van der Waals surface area contributed by atoms with E-state index in [-0.39, 0.29) is 0 Å². The van der Waals surface area contributed by atoms with Crippen molar-refractivity contribution in [3.63, 3.8) is 0 Å². The van der Waals surface area contributed by atoms with Gasteiger partial charge in [-0.3, -0.25) is 0 Å². The summed E-state index contributed by atoms with van der Waals surface area (Å²) in [6.45, 7) is 6.58. The van der Waals surface area contributed by atoms with Crippen molar-refractivity contribution in [2.24, 2.45) is 5.41 Å². The van der Waals surface area contributed by atoms with Crippen molar-refractivity contribution >= 4 is 11.6 Å². The Morgan fingerprint density at radius 1 is 1.31 bits per heavy atom. The molecule has 1 aliphatic heterocycles. The van der Waals surface area contributed by atoms with E-state index in [9.17, 15) is 0 Å². The lowest BCUT2D eigenvalue weighted by Crippen LogP contribution is -2.53. The Morgan fingerprint density at radius 2 is 2.00 bits per heavy atom. The van der Waals surface area contributed by atoms with Crippen molar-refractivity contribution in [1.29, 1.82) is 0 Å². The van der Waals surface area contributed by atoms with Gasteiger partial charge in [-0.25, -0.2) is 0 Å². The smallest absolute Gasteiger partial charge is 0.151 e. The highest BCUT2D eigenvalue weighted by Gasteiger charge is 2.34. The van der Waals surface area contributed by atoms with Crippen molar-refractivity contribution in [1.82, 2.24) is 10.2 Å². The molecule has 0 aliphatic carbocycles. The van der Waals surface area contributed by atoms with Crippen LogP contribution in [-0.4, -0.2) is 23.3 Å². The van der Waals surface area contributed by atoms with Gasteiger partial charge >= 0.3 is 0 Å². The Bertz CT molecular complexity index is 296. The highest BCUT2D eigenvalue weighted by atomic mass is 15.3. The summed E-state index contributed by atoms with van der Waals surface area (Å²) in [7, 11) is 0. The van der Waals surface area contributed by atoms with Crippen LogP contribution in [0.4, 0.5) is 11.6 Å². The van der Waals surface area contributed by atoms with Crippen molar-refractivity contribution in [3.8, 4) is 0 Å². The molecule has 0 spiro atoms. The van der Waals surface area contributed by atoms with E-state index in [4.69, 9.17) is 5.73 Å². The van der Waals surface area contributed by atoms with Gasteiger partial charge in [0, 0.05) is 13.1 Å². The molecule has 0 aromatic carbocycles. The zero-order valence-corrected chi connectivity index (χ0v) is 7.99. The maximum Gasteiger partial charge on any atom is 0.151 e. The second-order valence-corrected chi connectivity index (χ2v) is 4.34. The number of hydrogen-bond acceptors (Lipinski definition) is 4. The van der Waals surface area contributed by atoms with Gasteiger partial charge in [0.2, 0.25) is 0 Å². The molecule has 1 saturated heterocycles. The molecule has 2 rings (SSSR count). The van der Waals surface area contributed by atoms with Gasteiger partial charge in [0.05, 0.1) is 0 Å². The van der Waals surface area contributed by atoms with E-state index in [0.29, 0.717) is 11.2 Å². The molecule has 2 N–H and O–H groups in total. The van der Waals surface area contributed by atoms with Crippen LogP contribution in [0.1, 0.15) is 13.8 Å². The lowest BCUT2D eigenvalue weighted by molar-refractivity contribution is 0.274. The highest BCUT2D eigenvalue weighted by molar-refractivity contribution is 5.44. The number of anilines is 2. The van der Waals surface area contributed by atoms with Gasteiger partial charge in [0.25, 0.3) is 0 Å². The molecule has 0 saturated carbocycles. The van der Waals surface area contributed by atoms with E-state index in [0.717, 1.165) is 18.9 Å². The van der Waals surface area contributed by atoms with Crippen LogP contribution < -0.4 is 10.6 Å². The van der Waals surface area contributed by atoms with E-state index in [2.05, 4.69) is 28.9 Å². The maximum atomic E-state index is 5.45. The van der Waals surface area contributed by atoms with Gasteiger partial charge in [-0.15, -0.1) is 10.2 Å². The fourth-order valence-electron chi connectivity index (χ4n) is 1.65. The summed E-state index contributed by atoms with van der Waals surface area (Å²) in [5.41, 5.74) is 5.87. The highest BCUT2D eigenvalue weighted by Crippen LogP contribution is 2.31. The molecule has 1 aromatic heterocycles. The SMILES string of the molecule is CC1(C)CN(c2ccc(N)nn2)C1. The predicted octanol–water partition coefficient (Wildman–Crippen LogP) is 0.905. The molecule has 4 nitrogen and oxygen atoms in total. The topological polar surface area (TPSA) is 55.0 Å². The Labute approximate surface area is 77.8 Å². The number of nitrogens with two attached hydrogens (primary N) is 1.